The van der Waals surface area contributed by atoms with E-state index in [9.17, 15) is 4.79 Å². The number of hydrogen-bond acceptors (Lipinski definition) is 2. The molecule has 0 radical (unpaired) electrons. The van der Waals surface area contributed by atoms with Gasteiger partial charge in [0.2, 0.25) is 0 Å². The third kappa shape index (κ3) is 3.12. The van der Waals surface area contributed by atoms with Gasteiger partial charge in [-0.1, -0.05) is 41.9 Å². The van der Waals surface area contributed by atoms with Crippen LogP contribution in [0.15, 0.2) is 54.6 Å². The number of carbonyl (C=O) groups is 1. The standard InChI is InChI=1S/C19H20ClN3O/c20-16-6-4-5-14(9-16)10-22-11-15-12-23(13-18(15)22)19(24)21-17-7-2-1-3-8-17/h1-9,15,18H,10-13H2,(H,21,24)/t15-,18-/m1/s1. The molecule has 0 aliphatic carbocycles. The molecular weight excluding hydrogens is 322 g/mol. The zero-order valence-electron chi connectivity index (χ0n) is 13.4. The summed E-state index contributed by atoms with van der Waals surface area (Å²) in [6.07, 6.45) is 0. The number of halogens is 1. The molecule has 4 nitrogen and oxygen atoms in total. The van der Waals surface area contributed by atoms with Crippen LogP contribution in [-0.2, 0) is 6.54 Å². The largest absolute Gasteiger partial charge is 0.323 e. The van der Waals surface area contributed by atoms with E-state index < -0.39 is 0 Å². The molecule has 2 saturated heterocycles. The van der Waals surface area contributed by atoms with Gasteiger partial charge >= 0.3 is 6.03 Å². The topological polar surface area (TPSA) is 35.6 Å². The zero-order valence-corrected chi connectivity index (χ0v) is 14.1. The number of amides is 2. The molecule has 5 heteroatoms. The highest BCUT2D eigenvalue weighted by atomic mass is 35.5. The van der Waals surface area contributed by atoms with Crippen LogP contribution < -0.4 is 5.32 Å². The maximum Gasteiger partial charge on any atom is 0.321 e. The molecule has 0 saturated carbocycles. The van der Waals surface area contributed by atoms with Crippen LogP contribution >= 0.6 is 11.6 Å². The number of nitrogens with zero attached hydrogens (tertiary/aromatic N) is 2. The molecule has 2 aromatic carbocycles. The van der Waals surface area contributed by atoms with Crippen molar-refractivity contribution in [1.29, 1.82) is 0 Å². The van der Waals surface area contributed by atoms with Crippen LogP contribution in [0.5, 0.6) is 0 Å². The molecule has 0 bridgehead atoms. The van der Waals surface area contributed by atoms with Crippen molar-refractivity contribution in [3.05, 3.63) is 65.2 Å². The van der Waals surface area contributed by atoms with Crippen LogP contribution in [-0.4, -0.2) is 41.5 Å². The monoisotopic (exact) mass is 341 g/mol. The first-order valence-electron chi connectivity index (χ1n) is 8.28. The predicted molar refractivity (Wildman–Crippen MR) is 96.2 cm³/mol. The molecule has 2 aliphatic rings. The normalized spacial score (nSPS) is 22.8. The first-order chi connectivity index (χ1) is 11.7. The molecule has 124 valence electrons. The van der Waals surface area contributed by atoms with Gasteiger partial charge < -0.3 is 10.2 Å². The molecule has 2 heterocycles. The number of likely N-dealkylation sites (tertiary alicyclic amines) is 2. The van der Waals surface area contributed by atoms with Gasteiger partial charge in [-0.05, 0) is 29.8 Å². The fraction of sp³-hybridized carbons (Fsp3) is 0.316. The Kier molecular flexibility index (Phi) is 4.17. The van der Waals surface area contributed by atoms with Crippen molar-refractivity contribution in [2.75, 3.05) is 25.0 Å². The van der Waals surface area contributed by atoms with Crippen LogP contribution in [0.1, 0.15) is 5.56 Å². The third-order valence-corrected chi connectivity index (χ3v) is 5.17. The van der Waals surface area contributed by atoms with Crippen molar-refractivity contribution < 1.29 is 4.79 Å². The fourth-order valence-corrected chi connectivity index (χ4v) is 3.90. The average Bonchev–Trinajstić information content (AvgIpc) is 2.91. The summed E-state index contributed by atoms with van der Waals surface area (Å²) in [5, 5.41) is 3.75. The smallest absolute Gasteiger partial charge is 0.321 e. The molecule has 0 spiro atoms. The number of rotatable bonds is 3. The number of para-hydroxylation sites is 1. The van der Waals surface area contributed by atoms with Crippen molar-refractivity contribution in [1.82, 2.24) is 9.80 Å². The molecule has 2 atom stereocenters. The molecule has 2 amide bonds. The molecule has 1 N–H and O–H groups in total. The Hall–Kier alpha value is -2.04. The number of nitrogens with one attached hydrogen (secondary N) is 1. The van der Waals surface area contributed by atoms with E-state index in [1.807, 2.05) is 53.4 Å². The van der Waals surface area contributed by atoms with E-state index in [0.29, 0.717) is 12.0 Å². The lowest BCUT2D eigenvalue weighted by molar-refractivity contribution is 0.0435. The summed E-state index contributed by atoms with van der Waals surface area (Å²) in [7, 11) is 0. The van der Waals surface area contributed by atoms with E-state index in [2.05, 4.69) is 16.3 Å². The van der Waals surface area contributed by atoms with Gasteiger partial charge in [0.05, 0.1) is 0 Å². The summed E-state index contributed by atoms with van der Waals surface area (Å²) in [5.41, 5.74) is 2.07. The minimum atomic E-state index is -0.00157. The first-order valence-corrected chi connectivity index (χ1v) is 8.66. The van der Waals surface area contributed by atoms with Crippen molar-refractivity contribution in [3.8, 4) is 0 Å². The Bertz CT molecular complexity index is 736. The second kappa shape index (κ2) is 6.46. The number of carbonyl (C=O) groups excluding carboxylic acids is 1. The number of benzene rings is 2. The molecule has 2 aliphatic heterocycles. The molecular formula is C19H20ClN3O. The summed E-state index contributed by atoms with van der Waals surface area (Å²) >= 11 is 6.06. The van der Waals surface area contributed by atoms with Gasteiger partial charge in [0.1, 0.15) is 0 Å². The van der Waals surface area contributed by atoms with Gasteiger partial charge in [-0.25, -0.2) is 4.79 Å². The molecule has 4 rings (SSSR count). The maximum absolute atomic E-state index is 12.4. The zero-order chi connectivity index (χ0) is 16.5. The van der Waals surface area contributed by atoms with E-state index in [1.54, 1.807) is 0 Å². The highest BCUT2D eigenvalue weighted by Crippen LogP contribution is 2.34. The second-order valence-electron chi connectivity index (χ2n) is 6.59. The third-order valence-electron chi connectivity index (χ3n) is 4.93. The summed E-state index contributed by atoms with van der Waals surface area (Å²) in [6.45, 7) is 3.58. The van der Waals surface area contributed by atoms with Gasteiger partial charge in [-0.15, -0.1) is 0 Å². The first kappa shape index (κ1) is 15.5. The van der Waals surface area contributed by atoms with Gasteiger partial charge in [0, 0.05) is 48.8 Å². The van der Waals surface area contributed by atoms with Gasteiger partial charge in [-0.3, -0.25) is 4.90 Å². The molecule has 0 aromatic heterocycles. The number of fused-ring (bicyclic) bond motifs is 1. The Labute approximate surface area is 147 Å². The maximum atomic E-state index is 12.4. The van der Waals surface area contributed by atoms with Crippen LogP contribution in [0.4, 0.5) is 10.5 Å². The quantitative estimate of drug-likeness (QED) is 0.924. The van der Waals surface area contributed by atoms with Gasteiger partial charge in [-0.2, -0.15) is 0 Å². The van der Waals surface area contributed by atoms with Gasteiger partial charge in [0.25, 0.3) is 0 Å². The highest BCUT2D eigenvalue weighted by molar-refractivity contribution is 6.30. The van der Waals surface area contributed by atoms with E-state index >= 15 is 0 Å². The lowest BCUT2D eigenvalue weighted by Crippen LogP contribution is -2.54. The summed E-state index contributed by atoms with van der Waals surface area (Å²) in [6, 6.07) is 18.1. The summed E-state index contributed by atoms with van der Waals surface area (Å²) in [5.74, 6) is 0.589. The summed E-state index contributed by atoms with van der Waals surface area (Å²) in [4.78, 5) is 16.8. The molecule has 0 unspecified atom stereocenters. The van der Waals surface area contributed by atoms with E-state index in [-0.39, 0.29) is 6.03 Å². The van der Waals surface area contributed by atoms with Crippen LogP contribution in [0.2, 0.25) is 5.02 Å². The van der Waals surface area contributed by atoms with Crippen molar-refractivity contribution in [3.63, 3.8) is 0 Å². The Morgan fingerprint density at radius 1 is 1.08 bits per heavy atom. The lowest BCUT2D eigenvalue weighted by Gasteiger charge is -2.43. The van der Waals surface area contributed by atoms with E-state index in [4.69, 9.17) is 11.6 Å². The summed E-state index contributed by atoms with van der Waals surface area (Å²) < 4.78 is 0. The van der Waals surface area contributed by atoms with Crippen molar-refractivity contribution in [2.45, 2.75) is 12.6 Å². The number of urea groups is 1. The Balaban J connectivity index is 1.34. The molecule has 2 aromatic rings. The van der Waals surface area contributed by atoms with Gasteiger partial charge in [0.15, 0.2) is 0 Å². The van der Waals surface area contributed by atoms with Crippen molar-refractivity contribution in [2.24, 2.45) is 5.92 Å². The minimum Gasteiger partial charge on any atom is -0.323 e. The van der Waals surface area contributed by atoms with Crippen LogP contribution in [0.3, 0.4) is 0 Å². The Morgan fingerprint density at radius 3 is 2.71 bits per heavy atom. The number of anilines is 1. The fourth-order valence-electron chi connectivity index (χ4n) is 3.69. The second-order valence-corrected chi connectivity index (χ2v) is 7.02. The van der Waals surface area contributed by atoms with E-state index in [0.717, 1.165) is 36.9 Å². The van der Waals surface area contributed by atoms with Crippen LogP contribution in [0, 0.1) is 5.92 Å². The minimum absolute atomic E-state index is 0.00157. The molecule has 24 heavy (non-hydrogen) atoms. The number of hydrogen-bond donors (Lipinski definition) is 1. The highest BCUT2D eigenvalue weighted by Gasteiger charge is 2.46. The SMILES string of the molecule is O=C(Nc1ccccc1)N1C[C@H]2CN(Cc3cccc(Cl)c3)[C@@H]2C1. The molecule has 2 fully saturated rings. The predicted octanol–water partition coefficient (Wildman–Crippen LogP) is 3.69. The Morgan fingerprint density at radius 2 is 1.92 bits per heavy atom. The average molecular weight is 342 g/mol. The van der Waals surface area contributed by atoms with Crippen molar-refractivity contribution >= 4 is 23.3 Å². The van der Waals surface area contributed by atoms with Crippen LogP contribution in [0.25, 0.3) is 0 Å². The van der Waals surface area contributed by atoms with E-state index in [1.165, 1.54) is 5.56 Å². The lowest BCUT2D eigenvalue weighted by atomic mass is 9.91.